The van der Waals surface area contributed by atoms with Gasteiger partial charge in [0.25, 0.3) is 5.91 Å². The Hall–Kier alpha value is -3.96. The van der Waals surface area contributed by atoms with Crippen molar-refractivity contribution in [2.75, 3.05) is 13.4 Å². The first-order valence-corrected chi connectivity index (χ1v) is 15.3. The number of rotatable bonds is 8. The summed E-state index contributed by atoms with van der Waals surface area (Å²) in [6.45, 7) is 6.59. The summed E-state index contributed by atoms with van der Waals surface area (Å²) < 4.78 is 26.0. The first-order valence-electron chi connectivity index (χ1n) is 14.2. The molecule has 6 rings (SSSR count). The summed E-state index contributed by atoms with van der Waals surface area (Å²) in [5.74, 6) is 1.02. The summed E-state index contributed by atoms with van der Waals surface area (Å²) in [5, 5.41) is 13.0. The number of aliphatic hydroxyl groups is 1. The molecule has 10 heteroatoms. The summed E-state index contributed by atoms with van der Waals surface area (Å²) in [5.41, 5.74) is 6.30. The number of hydrogen-bond acceptors (Lipinski definition) is 8. The third-order valence-electron chi connectivity index (χ3n) is 7.54. The van der Waals surface area contributed by atoms with E-state index in [4.69, 9.17) is 14.5 Å². The van der Waals surface area contributed by atoms with Gasteiger partial charge in [-0.3, -0.25) is 9.78 Å². The fourth-order valence-electron chi connectivity index (χ4n) is 5.51. The molecule has 0 bridgehead atoms. The van der Waals surface area contributed by atoms with E-state index in [1.54, 1.807) is 18.5 Å². The molecule has 2 aliphatic rings. The van der Waals surface area contributed by atoms with Crippen molar-refractivity contribution in [3.05, 3.63) is 95.4 Å². The lowest BCUT2D eigenvalue weighted by Gasteiger charge is -2.33. The third kappa shape index (κ3) is 5.96. The first-order chi connectivity index (χ1) is 20.7. The number of ether oxygens (including phenoxy) is 2. The minimum Gasteiger partial charge on any atom is -0.597 e. The number of hydrogen-bond donors (Lipinski definition) is 2. The van der Waals surface area contributed by atoms with E-state index < -0.39 is 16.1 Å². The van der Waals surface area contributed by atoms with Crippen molar-refractivity contribution in [3.8, 4) is 33.9 Å². The van der Waals surface area contributed by atoms with Gasteiger partial charge in [-0.05, 0) is 74.2 Å². The summed E-state index contributed by atoms with van der Waals surface area (Å²) >= 11 is -1.35. The second-order valence-corrected chi connectivity index (χ2v) is 13.8. The number of aromatic nitrogens is 2. The molecule has 2 atom stereocenters. The van der Waals surface area contributed by atoms with Gasteiger partial charge in [-0.2, -0.15) is 0 Å². The number of amides is 1. The van der Waals surface area contributed by atoms with Crippen LogP contribution >= 0.6 is 0 Å². The highest BCUT2D eigenvalue weighted by Gasteiger charge is 2.45. The Kier molecular flexibility index (Phi) is 8.11. The van der Waals surface area contributed by atoms with Gasteiger partial charge in [0.1, 0.15) is 10.4 Å². The molecule has 2 aromatic heterocycles. The van der Waals surface area contributed by atoms with Gasteiger partial charge in [-0.25, -0.2) is 4.98 Å². The Morgan fingerprint density at radius 2 is 1.86 bits per heavy atom. The minimum atomic E-state index is -1.35. The molecule has 0 fully saturated rings. The molecule has 9 nitrogen and oxygen atoms in total. The van der Waals surface area contributed by atoms with Crippen LogP contribution in [0.4, 0.5) is 0 Å². The zero-order chi connectivity index (χ0) is 30.1. The second-order valence-electron chi connectivity index (χ2n) is 11.6. The molecular formula is C33H34N4O5S. The van der Waals surface area contributed by atoms with Gasteiger partial charge in [-0.1, -0.05) is 30.3 Å². The number of aliphatic hydroxyl groups excluding tert-OH is 1. The third-order valence-corrected chi connectivity index (χ3v) is 9.40. The number of pyridine rings is 2. The van der Waals surface area contributed by atoms with Crippen LogP contribution in [-0.4, -0.2) is 48.0 Å². The first kappa shape index (κ1) is 29.1. The molecule has 0 saturated heterocycles. The molecule has 222 valence electrons. The van der Waals surface area contributed by atoms with Crippen molar-refractivity contribution in [3.63, 3.8) is 0 Å². The van der Waals surface area contributed by atoms with E-state index in [2.05, 4.69) is 10.3 Å². The molecule has 4 aromatic rings. The van der Waals surface area contributed by atoms with E-state index >= 15 is 0 Å². The van der Waals surface area contributed by atoms with Gasteiger partial charge < -0.3 is 24.4 Å². The number of benzene rings is 2. The molecule has 2 aliphatic heterocycles. The van der Waals surface area contributed by atoms with Crippen molar-refractivity contribution < 1.29 is 23.9 Å². The van der Waals surface area contributed by atoms with Gasteiger partial charge in [0, 0.05) is 53.6 Å². The van der Waals surface area contributed by atoms with Gasteiger partial charge >= 0.3 is 0 Å². The summed E-state index contributed by atoms with van der Waals surface area (Å²) in [6.07, 6.45) is 3.93. The van der Waals surface area contributed by atoms with Crippen LogP contribution in [0.1, 0.15) is 60.4 Å². The van der Waals surface area contributed by atoms with Crippen molar-refractivity contribution >= 4 is 17.3 Å². The SMILES string of the molecule is CC(C)(C)[S@@+]([O-])N1Cc2cc(C(=O)NCc3ccc4c(c3)OCO4)nc(-c3cccc(-c4cccnc4)c3)c2[C@H]1CCO. The van der Waals surface area contributed by atoms with Crippen molar-refractivity contribution in [2.45, 2.75) is 51.1 Å². The molecule has 0 aliphatic carbocycles. The summed E-state index contributed by atoms with van der Waals surface area (Å²) in [7, 11) is 0. The van der Waals surface area contributed by atoms with Crippen LogP contribution in [-0.2, 0) is 24.5 Å². The Labute approximate surface area is 254 Å². The number of carbonyl (C=O) groups is 1. The van der Waals surface area contributed by atoms with E-state index in [1.807, 2.05) is 79.7 Å². The smallest absolute Gasteiger partial charge is 0.270 e. The molecule has 43 heavy (non-hydrogen) atoms. The van der Waals surface area contributed by atoms with E-state index in [1.165, 1.54) is 0 Å². The van der Waals surface area contributed by atoms with E-state index in [-0.39, 0.29) is 37.6 Å². The molecule has 2 N–H and O–H groups in total. The number of fused-ring (bicyclic) bond motifs is 2. The monoisotopic (exact) mass is 598 g/mol. The Morgan fingerprint density at radius 3 is 2.63 bits per heavy atom. The maximum Gasteiger partial charge on any atom is 0.270 e. The lowest BCUT2D eigenvalue weighted by molar-refractivity contribution is 0.0945. The van der Waals surface area contributed by atoms with Crippen molar-refractivity contribution in [1.82, 2.24) is 19.6 Å². The fourth-order valence-corrected chi connectivity index (χ4v) is 6.91. The average Bonchev–Trinajstić information content (AvgIpc) is 3.63. The maximum atomic E-state index is 13.7. The number of nitrogens with zero attached hydrogens (tertiary/aromatic N) is 3. The molecular weight excluding hydrogens is 564 g/mol. The highest BCUT2D eigenvalue weighted by Crippen LogP contribution is 2.45. The van der Waals surface area contributed by atoms with Crippen LogP contribution < -0.4 is 14.8 Å². The molecule has 1 amide bonds. The van der Waals surface area contributed by atoms with Gasteiger partial charge in [-0.15, -0.1) is 4.31 Å². The predicted octanol–water partition coefficient (Wildman–Crippen LogP) is 5.17. The normalized spacial score (nSPS) is 16.6. The lowest BCUT2D eigenvalue weighted by atomic mass is 9.94. The quantitative estimate of drug-likeness (QED) is 0.267. The Bertz CT molecular complexity index is 1640. The molecule has 0 radical (unpaired) electrons. The fraction of sp³-hybridized carbons (Fsp3) is 0.303. The topological polar surface area (TPSA) is 120 Å². The highest BCUT2D eigenvalue weighted by molar-refractivity contribution is 7.90. The van der Waals surface area contributed by atoms with Gasteiger partial charge in [0.2, 0.25) is 6.79 Å². The van der Waals surface area contributed by atoms with Crippen LogP contribution in [0.3, 0.4) is 0 Å². The number of nitrogens with one attached hydrogen (secondary N) is 1. The van der Waals surface area contributed by atoms with Crippen LogP contribution in [0.2, 0.25) is 0 Å². The number of carbonyl (C=O) groups excluding carboxylic acids is 1. The summed E-state index contributed by atoms with van der Waals surface area (Å²) in [6, 6.07) is 18.9. The van der Waals surface area contributed by atoms with E-state index in [9.17, 15) is 14.5 Å². The van der Waals surface area contributed by atoms with Gasteiger partial charge in [0.15, 0.2) is 11.5 Å². The Morgan fingerprint density at radius 1 is 1.07 bits per heavy atom. The van der Waals surface area contributed by atoms with Crippen LogP contribution in [0.25, 0.3) is 22.4 Å². The van der Waals surface area contributed by atoms with Crippen molar-refractivity contribution in [1.29, 1.82) is 0 Å². The largest absolute Gasteiger partial charge is 0.597 e. The van der Waals surface area contributed by atoms with E-state index in [0.717, 1.165) is 33.4 Å². The standard InChI is InChI=1S/C33H34N4O5S/c1-33(2,3)43(40)37-19-25-16-26(32(39)35-17-21-9-10-28-29(14-21)42-20-41-28)36-31(30(25)27(37)11-13-38)23-7-4-6-22(15-23)24-8-5-12-34-18-24/h4-10,12,14-16,18,27,38H,11,13,17,19-20H2,1-3H3,(H,35,39)/t27-,43-/m1/s1. The van der Waals surface area contributed by atoms with Crippen LogP contribution in [0.5, 0.6) is 11.5 Å². The van der Waals surface area contributed by atoms with Crippen LogP contribution in [0.15, 0.2) is 73.1 Å². The second kappa shape index (κ2) is 12.0. The van der Waals surface area contributed by atoms with E-state index in [0.29, 0.717) is 30.2 Å². The molecule has 4 heterocycles. The van der Waals surface area contributed by atoms with Crippen LogP contribution in [0, 0.1) is 0 Å². The minimum absolute atomic E-state index is 0.0745. The zero-order valence-electron chi connectivity index (χ0n) is 24.4. The average molecular weight is 599 g/mol. The van der Waals surface area contributed by atoms with Crippen molar-refractivity contribution in [2.24, 2.45) is 0 Å². The molecule has 0 spiro atoms. The highest BCUT2D eigenvalue weighted by atomic mass is 32.2. The molecule has 0 saturated carbocycles. The lowest BCUT2D eigenvalue weighted by Crippen LogP contribution is -2.42. The van der Waals surface area contributed by atoms with Gasteiger partial charge in [0.05, 0.1) is 18.3 Å². The maximum absolute atomic E-state index is 13.7. The molecule has 2 aromatic carbocycles. The summed E-state index contributed by atoms with van der Waals surface area (Å²) in [4.78, 5) is 22.7. The Balaban J connectivity index is 1.40. The predicted molar refractivity (Wildman–Crippen MR) is 165 cm³/mol. The molecule has 0 unspecified atom stereocenters. The zero-order valence-corrected chi connectivity index (χ0v) is 25.2.